The van der Waals surface area contributed by atoms with E-state index in [0.717, 1.165) is 24.2 Å². The minimum Gasteiger partial charge on any atom is -0.494 e. The SMILES string of the molecule is CCOc1ccc(C(C)NC(=O)N(C)CC(O)C2CC2)cc1. The average molecular weight is 306 g/mol. The molecule has 0 aliphatic heterocycles. The molecule has 1 aliphatic rings. The summed E-state index contributed by atoms with van der Waals surface area (Å²) < 4.78 is 5.41. The highest BCUT2D eigenvalue weighted by molar-refractivity contribution is 5.74. The Morgan fingerprint density at radius 1 is 1.41 bits per heavy atom. The fourth-order valence-corrected chi connectivity index (χ4v) is 2.39. The van der Waals surface area contributed by atoms with Crippen LogP contribution in [-0.4, -0.2) is 42.3 Å². The first-order valence-corrected chi connectivity index (χ1v) is 7.93. The highest BCUT2D eigenvalue weighted by Crippen LogP contribution is 2.32. The molecule has 0 spiro atoms. The largest absolute Gasteiger partial charge is 0.494 e. The molecule has 0 radical (unpaired) electrons. The number of nitrogens with one attached hydrogen (secondary N) is 1. The lowest BCUT2D eigenvalue weighted by Crippen LogP contribution is -2.42. The van der Waals surface area contributed by atoms with Crippen LogP contribution in [0.5, 0.6) is 5.75 Å². The molecular formula is C17H26N2O3. The average Bonchev–Trinajstić information content (AvgIpc) is 3.32. The summed E-state index contributed by atoms with van der Waals surface area (Å²) in [5.74, 6) is 1.20. The van der Waals surface area contributed by atoms with Gasteiger partial charge in [-0.25, -0.2) is 4.79 Å². The van der Waals surface area contributed by atoms with Crippen LogP contribution in [0.25, 0.3) is 0 Å². The third-order valence-electron chi connectivity index (χ3n) is 4.00. The predicted octanol–water partition coefficient (Wildman–Crippen LogP) is 2.56. The van der Waals surface area contributed by atoms with Gasteiger partial charge in [0.2, 0.25) is 0 Å². The molecule has 2 amide bonds. The predicted molar refractivity (Wildman–Crippen MR) is 85.9 cm³/mol. The number of ether oxygens (including phenoxy) is 1. The van der Waals surface area contributed by atoms with E-state index in [1.54, 1.807) is 11.9 Å². The van der Waals surface area contributed by atoms with Gasteiger partial charge in [-0.3, -0.25) is 0 Å². The maximum atomic E-state index is 12.2. The number of carbonyl (C=O) groups is 1. The fraction of sp³-hybridized carbons (Fsp3) is 0.588. The molecule has 5 heteroatoms. The van der Waals surface area contributed by atoms with Crippen molar-refractivity contribution in [1.29, 1.82) is 0 Å². The number of urea groups is 1. The van der Waals surface area contributed by atoms with E-state index < -0.39 is 6.10 Å². The molecule has 1 saturated carbocycles. The summed E-state index contributed by atoms with van der Waals surface area (Å²) in [5.41, 5.74) is 1.02. The van der Waals surface area contributed by atoms with E-state index in [0.29, 0.717) is 19.1 Å². The third kappa shape index (κ3) is 4.63. The van der Waals surface area contributed by atoms with Crippen molar-refractivity contribution in [2.75, 3.05) is 20.2 Å². The zero-order valence-electron chi connectivity index (χ0n) is 13.6. The van der Waals surface area contributed by atoms with Gasteiger partial charge in [0, 0.05) is 13.6 Å². The first kappa shape index (κ1) is 16.6. The van der Waals surface area contributed by atoms with Crippen LogP contribution in [0.4, 0.5) is 4.79 Å². The van der Waals surface area contributed by atoms with E-state index in [1.165, 1.54) is 0 Å². The summed E-state index contributed by atoms with van der Waals surface area (Å²) in [6.07, 6.45) is 1.73. The van der Waals surface area contributed by atoms with E-state index in [2.05, 4.69) is 5.32 Å². The van der Waals surface area contributed by atoms with Crippen LogP contribution in [0.1, 0.15) is 38.3 Å². The molecule has 1 aromatic rings. The van der Waals surface area contributed by atoms with E-state index in [-0.39, 0.29) is 12.1 Å². The smallest absolute Gasteiger partial charge is 0.317 e. The summed E-state index contributed by atoms with van der Waals surface area (Å²) in [6.45, 7) is 4.91. The van der Waals surface area contributed by atoms with Gasteiger partial charge in [0.25, 0.3) is 0 Å². The molecule has 0 bridgehead atoms. The van der Waals surface area contributed by atoms with E-state index >= 15 is 0 Å². The van der Waals surface area contributed by atoms with Crippen molar-refractivity contribution in [3.05, 3.63) is 29.8 Å². The molecule has 22 heavy (non-hydrogen) atoms. The van der Waals surface area contributed by atoms with Crippen molar-refractivity contribution >= 4 is 6.03 Å². The Labute approximate surface area is 132 Å². The lowest BCUT2D eigenvalue weighted by atomic mass is 10.1. The second-order valence-electron chi connectivity index (χ2n) is 5.96. The zero-order valence-corrected chi connectivity index (χ0v) is 13.6. The monoisotopic (exact) mass is 306 g/mol. The van der Waals surface area contributed by atoms with Crippen LogP contribution < -0.4 is 10.1 Å². The Morgan fingerprint density at radius 3 is 2.59 bits per heavy atom. The molecule has 2 unspecified atom stereocenters. The third-order valence-corrected chi connectivity index (χ3v) is 4.00. The molecule has 2 rings (SSSR count). The number of likely N-dealkylation sites (N-methyl/N-ethyl adjacent to an activating group) is 1. The molecule has 0 heterocycles. The van der Waals surface area contributed by atoms with Crippen LogP contribution in [0.15, 0.2) is 24.3 Å². The second kappa shape index (κ2) is 7.49. The second-order valence-corrected chi connectivity index (χ2v) is 5.96. The van der Waals surface area contributed by atoms with E-state index in [4.69, 9.17) is 4.74 Å². The summed E-state index contributed by atoms with van der Waals surface area (Å²) in [5, 5.41) is 12.9. The van der Waals surface area contributed by atoms with Crippen molar-refractivity contribution in [3.63, 3.8) is 0 Å². The fourth-order valence-electron chi connectivity index (χ4n) is 2.39. The Kier molecular flexibility index (Phi) is 5.66. The van der Waals surface area contributed by atoms with Gasteiger partial charge in [-0.05, 0) is 50.3 Å². The van der Waals surface area contributed by atoms with Gasteiger partial charge in [-0.2, -0.15) is 0 Å². The maximum absolute atomic E-state index is 12.2. The molecule has 0 aromatic heterocycles. The Bertz CT molecular complexity index is 485. The minimum atomic E-state index is -0.406. The van der Waals surface area contributed by atoms with Gasteiger partial charge in [-0.1, -0.05) is 12.1 Å². The van der Waals surface area contributed by atoms with Crippen LogP contribution in [0.3, 0.4) is 0 Å². The van der Waals surface area contributed by atoms with E-state index in [9.17, 15) is 9.90 Å². The van der Waals surface area contributed by atoms with Crippen LogP contribution >= 0.6 is 0 Å². The maximum Gasteiger partial charge on any atom is 0.317 e. The van der Waals surface area contributed by atoms with Gasteiger partial charge in [0.1, 0.15) is 5.75 Å². The number of rotatable bonds is 7. The van der Waals surface area contributed by atoms with Crippen molar-refractivity contribution in [2.24, 2.45) is 5.92 Å². The molecular weight excluding hydrogens is 280 g/mol. The van der Waals surface area contributed by atoms with Gasteiger partial charge >= 0.3 is 6.03 Å². The quantitative estimate of drug-likeness (QED) is 0.814. The lowest BCUT2D eigenvalue weighted by Gasteiger charge is -2.24. The van der Waals surface area contributed by atoms with Crippen LogP contribution in [0.2, 0.25) is 0 Å². The van der Waals surface area contributed by atoms with Crippen LogP contribution in [-0.2, 0) is 0 Å². The first-order valence-electron chi connectivity index (χ1n) is 7.93. The van der Waals surface area contributed by atoms with Gasteiger partial charge < -0.3 is 20.1 Å². The molecule has 5 nitrogen and oxygen atoms in total. The molecule has 1 aliphatic carbocycles. The van der Waals surface area contributed by atoms with Crippen molar-refractivity contribution in [2.45, 2.75) is 38.8 Å². The molecule has 2 atom stereocenters. The van der Waals surface area contributed by atoms with Crippen LogP contribution in [0, 0.1) is 5.92 Å². The summed E-state index contributed by atoms with van der Waals surface area (Å²) in [7, 11) is 1.71. The highest BCUT2D eigenvalue weighted by atomic mass is 16.5. The topological polar surface area (TPSA) is 61.8 Å². The van der Waals surface area contributed by atoms with Gasteiger partial charge in [0.05, 0.1) is 18.8 Å². The number of aliphatic hydroxyl groups is 1. The molecule has 1 fully saturated rings. The number of hydrogen-bond acceptors (Lipinski definition) is 3. The number of benzene rings is 1. The van der Waals surface area contributed by atoms with Crippen molar-refractivity contribution in [1.82, 2.24) is 10.2 Å². The lowest BCUT2D eigenvalue weighted by molar-refractivity contribution is 0.113. The minimum absolute atomic E-state index is 0.0938. The number of nitrogens with zero attached hydrogens (tertiary/aromatic N) is 1. The van der Waals surface area contributed by atoms with Crippen molar-refractivity contribution < 1.29 is 14.6 Å². The van der Waals surface area contributed by atoms with Gasteiger partial charge in [0.15, 0.2) is 0 Å². The number of carbonyl (C=O) groups excluding carboxylic acids is 1. The Balaban J connectivity index is 1.84. The normalized spacial score (nSPS) is 16.7. The van der Waals surface area contributed by atoms with Gasteiger partial charge in [-0.15, -0.1) is 0 Å². The number of hydrogen-bond donors (Lipinski definition) is 2. The molecule has 0 saturated heterocycles. The number of amides is 2. The standard InChI is InChI=1S/C17H26N2O3/c1-4-22-15-9-7-13(8-10-15)12(2)18-17(21)19(3)11-16(20)14-5-6-14/h7-10,12,14,16,20H,4-6,11H2,1-3H3,(H,18,21). The summed E-state index contributed by atoms with van der Waals surface area (Å²) in [6, 6.07) is 7.46. The molecule has 2 N–H and O–H groups in total. The zero-order chi connectivity index (χ0) is 16.1. The molecule has 1 aromatic carbocycles. The number of aliphatic hydroxyl groups excluding tert-OH is 1. The molecule has 122 valence electrons. The Hall–Kier alpha value is -1.75. The Morgan fingerprint density at radius 2 is 2.05 bits per heavy atom. The summed E-state index contributed by atoms with van der Waals surface area (Å²) >= 11 is 0. The van der Waals surface area contributed by atoms with Crippen molar-refractivity contribution in [3.8, 4) is 5.75 Å². The van der Waals surface area contributed by atoms with E-state index in [1.807, 2.05) is 38.1 Å². The first-order chi connectivity index (χ1) is 10.5. The highest BCUT2D eigenvalue weighted by Gasteiger charge is 2.31. The summed E-state index contributed by atoms with van der Waals surface area (Å²) in [4.78, 5) is 13.7.